The molecule has 1 amide bonds. The summed E-state index contributed by atoms with van der Waals surface area (Å²) in [4.78, 5) is 16.0. The first-order chi connectivity index (χ1) is 25.7. The first-order valence-corrected chi connectivity index (χ1v) is 23.4. The van der Waals surface area contributed by atoms with Crippen molar-refractivity contribution in [1.29, 1.82) is 0 Å². The largest absolute Gasteiger partial charge is 0.530 e. The first-order valence-electron chi connectivity index (χ1n) is 19.0. The third kappa shape index (κ3) is 14.5. The van der Waals surface area contributed by atoms with Gasteiger partial charge in [0.1, 0.15) is 17.2 Å². The van der Waals surface area contributed by atoms with Crippen LogP contribution in [0.4, 0.5) is 17.1 Å². The summed E-state index contributed by atoms with van der Waals surface area (Å²) in [6, 6.07) is 7.63. The van der Waals surface area contributed by atoms with Crippen molar-refractivity contribution in [1.82, 2.24) is 0 Å². The highest BCUT2D eigenvalue weighted by atomic mass is 31.4. The second kappa shape index (κ2) is 22.4. The van der Waals surface area contributed by atoms with Crippen LogP contribution in [-0.4, -0.2) is 47.3 Å². The van der Waals surface area contributed by atoms with Gasteiger partial charge in [-0.1, -0.05) is 81.0 Å². The van der Waals surface area contributed by atoms with Gasteiger partial charge in [-0.25, -0.2) is 4.57 Å². The molecule has 0 aliphatic carbocycles. The van der Waals surface area contributed by atoms with Crippen LogP contribution in [0.15, 0.2) is 65.3 Å². The number of phosphoric ester groups is 1. The Bertz CT molecular complexity index is 1730. The monoisotopic (exact) mass is 801 g/mol. The standard InChI is InChI=1S/C40H59N2O9P2Si/c1-8-11-25-47-52(45,48-26-12-9-2)50-33-28-35-39(36(43)29-33)41-38-34(21-16-22-37(38)51-53(46,54)49-27-13-10-3)40(44)42(35)24-23-32(7)20-15-19-31(6)18-14-17-30(4)5/h16-17,19,21-23,28-29,41,43H,8-15,18,20,24-27H2,1-7H3/b31-19+,32-23+. The summed E-state index contributed by atoms with van der Waals surface area (Å²) in [7, 11) is -4.70. The number of nitrogens with zero attached hydrogens (tertiary/aromatic N) is 1. The molecule has 297 valence electrons. The van der Waals surface area contributed by atoms with Crippen LogP contribution in [0.2, 0.25) is 0 Å². The van der Waals surface area contributed by atoms with E-state index in [1.54, 1.807) is 18.2 Å². The summed E-state index contributed by atoms with van der Waals surface area (Å²) in [5, 5.41) is 14.7. The van der Waals surface area contributed by atoms with Crippen molar-refractivity contribution in [2.75, 3.05) is 36.6 Å². The highest BCUT2D eigenvalue weighted by Crippen LogP contribution is 2.54. The number of carbonyl (C=O) groups excluding carboxylic acids is 1. The SMILES string of the molecule is CCCCOP(=O)([Si])Oc1cccc2c1Nc1c(O)cc(OP(=O)(OCCCC)OCCCC)cc1N(C/C=C(\C)CC/C=C(\C)CCC=C(C)C)C2=O. The van der Waals surface area contributed by atoms with Gasteiger partial charge in [-0.15, -0.1) is 0 Å². The zero-order chi connectivity index (χ0) is 39.7. The van der Waals surface area contributed by atoms with E-state index in [4.69, 9.17) is 22.6 Å². The molecule has 1 atom stereocenters. The lowest BCUT2D eigenvalue weighted by Gasteiger charge is -2.24. The molecule has 1 aliphatic rings. The Morgan fingerprint density at radius 2 is 1.41 bits per heavy atom. The number of hydrogen-bond donors (Lipinski definition) is 2. The van der Waals surface area contributed by atoms with Gasteiger partial charge in [0, 0.05) is 18.7 Å². The van der Waals surface area contributed by atoms with Crippen LogP contribution in [0.5, 0.6) is 17.2 Å². The second-order valence-corrected chi connectivity index (χ2v) is 18.4. The fourth-order valence-electron chi connectivity index (χ4n) is 5.39. The minimum atomic E-state index is -4.09. The number of anilines is 3. The van der Waals surface area contributed by atoms with E-state index in [2.05, 4.69) is 48.1 Å². The Morgan fingerprint density at radius 3 is 2.02 bits per heavy atom. The zero-order valence-electron chi connectivity index (χ0n) is 33.1. The number of phenolic OH excluding ortho intramolecular Hbond substituents is 1. The predicted octanol–water partition coefficient (Wildman–Crippen LogP) is 12.1. The van der Waals surface area contributed by atoms with Crippen LogP contribution in [0.25, 0.3) is 0 Å². The number of para-hydroxylation sites is 1. The van der Waals surface area contributed by atoms with Crippen molar-refractivity contribution >= 4 is 47.8 Å². The summed E-state index contributed by atoms with van der Waals surface area (Å²) in [6.07, 6.45) is 14.6. The van der Waals surface area contributed by atoms with E-state index >= 15 is 0 Å². The van der Waals surface area contributed by atoms with E-state index in [0.29, 0.717) is 19.3 Å². The number of unbranched alkanes of at least 4 members (excludes halogenated alkanes) is 3. The number of allylic oxidation sites excluding steroid dienone is 5. The number of hydrogen-bond acceptors (Lipinski definition) is 10. The van der Waals surface area contributed by atoms with Gasteiger partial charge in [0.2, 0.25) is 9.91 Å². The molecule has 11 nitrogen and oxygen atoms in total. The van der Waals surface area contributed by atoms with Crippen LogP contribution >= 0.6 is 15.0 Å². The molecule has 3 rings (SSSR count). The minimum absolute atomic E-state index is 0.00646. The number of nitrogens with one attached hydrogen (secondary N) is 1. The number of phenols is 1. The van der Waals surface area contributed by atoms with Gasteiger partial charge in [0.05, 0.1) is 36.8 Å². The maximum atomic E-state index is 14.5. The van der Waals surface area contributed by atoms with Crippen molar-refractivity contribution in [2.24, 2.45) is 0 Å². The lowest BCUT2D eigenvalue weighted by atomic mass is 10.1. The predicted molar refractivity (Wildman–Crippen MR) is 220 cm³/mol. The number of rotatable bonds is 24. The molecule has 2 aromatic rings. The molecular weight excluding hydrogens is 742 g/mol. The zero-order valence-corrected chi connectivity index (χ0v) is 35.9. The van der Waals surface area contributed by atoms with Gasteiger partial charge < -0.3 is 28.9 Å². The Kier molecular flexibility index (Phi) is 18.8. The topological polar surface area (TPSA) is 133 Å². The molecule has 0 spiro atoms. The third-order valence-corrected chi connectivity index (χ3v) is 11.6. The number of amides is 1. The van der Waals surface area contributed by atoms with E-state index in [0.717, 1.165) is 50.5 Å². The van der Waals surface area contributed by atoms with Gasteiger partial charge in [-0.3, -0.25) is 18.4 Å². The van der Waals surface area contributed by atoms with E-state index in [1.165, 1.54) is 28.2 Å². The van der Waals surface area contributed by atoms with Crippen molar-refractivity contribution < 1.29 is 41.6 Å². The first kappa shape index (κ1) is 45.3. The third-order valence-electron chi connectivity index (χ3n) is 8.55. The molecule has 2 aromatic carbocycles. The number of aromatic hydroxyl groups is 1. The number of carbonyl (C=O) groups is 1. The molecule has 1 heterocycles. The normalized spacial score (nSPS) is 14.4. The van der Waals surface area contributed by atoms with Gasteiger partial charge in [-0.2, -0.15) is 0 Å². The summed E-state index contributed by atoms with van der Waals surface area (Å²) in [5.74, 6) is -0.644. The second-order valence-electron chi connectivity index (χ2n) is 13.7. The Labute approximate surface area is 325 Å². The molecule has 54 heavy (non-hydrogen) atoms. The molecule has 0 fully saturated rings. The van der Waals surface area contributed by atoms with Crippen molar-refractivity contribution in [3.8, 4) is 17.2 Å². The fourth-order valence-corrected chi connectivity index (χ4v) is 8.04. The minimum Gasteiger partial charge on any atom is -0.506 e. The molecule has 0 saturated heterocycles. The van der Waals surface area contributed by atoms with Crippen LogP contribution in [0.1, 0.15) is 123 Å². The lowest BCUT2D eigenvalue weighted by Crippen LogP contribution is -2.30. The molecule has 0 saturated carbocycles. The van der Waals surface area contributed by atoms with Crippen molar-refractivity contribution in [2.45, 2.75) is 113 Å². The molecule has 1 unspecified atom stereocenters. The smallest absolute Gasteiger partial charge is 0.506 e. The highest BCUT2D eigenvalue weighted by molar-refractivity contribution is 7.79. The Hall–Kier alpha value is -3.11. The van der Waals surface area contributed by atoms with E-state index in [-0.39, 0.29) is 66.2 Å². The van der Waals surface area contributed by atoms with Crippen LogP contribution < -0.4 is 19.3 Å². The van der Waals surface area contributed by atoms with Crippen molar-refractivity contribution in [3.63, 3.8) is 0 Å². The molecule has 2 N–H and O–H groups in total. The van der Waals surface area contributed by atoms with E-state index < -0.39 is 20.9 Å². The van der Waals surface area contributed by atoms with E-state index in [1.807, 2.05) is 33.8 Å². The summed E-state index contributed by atoms with van der Waals surface area (Å²) in [6.45, 7) is 15.0. The van der Waals surface area contributed by atoms with Gasteiger partial charge in [0.25, 0.3) is 5.91 Å². The fraction of sp³-hybridized carbons (Fsp3) is 0.525. The van der Waals surface area contributed by atoms with Crippen molar-refractivity contribution in [3.05, 3.63) is 70.8 Å². The van der Waals surface area contributed by atoms with E-state index in [9.17, 15) is 19.0 Å². The Morgan fingerprint density at radius 1 is 0.815 bits per heavy atom. The van der Waals surface area contributed by atoms with Crippen LogP contribution in [0.3, 0.4) is 0 Å². The number of phosphoric acid groups is 1. The summed E-state index contributed by atoms with van der Waals surface area (Å²) in [5.41, 5.74) is 4.54. The van der Waals surface area contributed by atoms with Gasteiger partial charge in [0.15, 0.2) is 5.75 Å². The average molecular weight is 802 g/mol. The average Bonchev–Trinajstić information content (AvgIpc) is 3.22. The molecular formula is C40H59N2O9P2Si. The molecule has 3 radical (unpaired) electrons. The van der Waals surface area contributed by atoms with Gasteiger partial charge in [-0.05, 0) is 84.8 Å². The lowest BCUT2D eigenvalue weighted by molar-refractivity contribution is 0.0990. The summed E-state index contributed by atoms with van der Waals surface area (Å²) >= 11 is 0. The quantitative estimate of drug-likeness (QED) is 0.0347. The molecule has 1 aliphatic heterocycles. The van der Waals surface area contributed by atoms with Crippen LogP contribution in [0, 0.1) is 0 Å². The maximum Gasteiger partial charge on any atom is 0.530 e. The number of benzene rings is 2. The molecule has 0 bridgehead atoms. The molecule has 14 heteroatoms. The van der Waals surface area contributed by atoms with Crippen LogP contribution in [-0.2, 0) is 22.7 Å². The van der Waals surface area contributed by atoms with Gasteiger partial charge >= 0.3 is 15.0 Å². The Balaban J connectivity index is 2.04. The highest BCUT2D eigenvalue weighted by Gasteiger charge is 2.34. The number of fused-ring (bicyclic) bond motifs is 2. The molecule has 0 aromatic heterocycles. The summed E-state index contributed by atoms with van der Waals surface area (Å²) < 4.78 is 55.6. The maximum absolute atomic E-state index is 14.5.